The molecule has 0 spiro atoms. The van der Waals surface area contributed by atoms with Crippen LogP contribution in [0.25, 0.3) is 10.8 Å². The zero-order valence-electron chi connectivity index (χ0n) is 17.7. The maximum atomic E-state index is 14.5. The molecule has 166 valence electrons. The minimum atomic E-state index is -0.591. The van der Waals surface area contributed by atoms with Gasteiger partial charge >= 0.3 is 0 Å². The van der Waals surface area contributed by atoms with Gasteiger partial charge in [-0.2, -0.15) is 5.10 Å². The minimum absolute atomic E-state index is 0.00812. The van der Waals surface area contributed by atoms with E-state index >= 15 is 0 Å². The Morgan fingerprint density at radius 2 is 1.75 bits per heavy atom. The molecule has 2 aromatic carbocycles. The summed E-state index contributed by atoms with van der Waals surface area (Å²) in [5.41, 5.74) is 1.07. The molecule has 2 N–H and O–H groups in total. The number of fused-ring (bicyclic) bond motifs is 1. The molecular formula is C23H24FN5O3. The largest absolute Gasteiger partial charge is 0.338 e. The molecule has 1 saturated heterocycles. The third-order valence-electron chi connectivity index (χ3n) is 5.66. The molecule has 0 atom stereocenters. The fraction of sp³-hybridized carbons (Fsp3) is 0.304. The van der Waals surface area contributed by atoms with Gasteiger partial charge in [0.2, 0.25) is 5.91 Å². The van der Waals surface area contributed by atoms with Crippen molar-refractivity contribution < 1.29 is 14.0 Å². The molecule has 1 aliphatic heterocycles. The summed E-state index contributed by atoms with van der Waals surface area (Å²) in [5.74, 6) is -1.01. The first-order valence-corrected chi connectivity index (χ1v) is 10.4. The number of piperazine rings is 1. The Hall–Kier alpha value is -3.59. The number of carbonyl (C=O) groups is 2. The van der Waals surface area contributed by atoms with E-state index in [4.69, 9.17) is 0 Å². The fourth-order valence-corrected chi connectivity index (χ4v) is 3.94. The Bertz CT molecular complexity index is 1220. The molecule has 32 heavy (non-hydrogen) atoms. The summed E-state index contributed by atoms with van der Waals surface area (Å²) in [7, 11) is 1.71. The van der Waals surface area contributed by atoms with Gasteiger partial charge in [-0.1, -0.05) is 24.3 Å². The van der Waals surface area contributed by atoms with Crippen molar-refractivity contribution in [1.82, 2.24) is 25.3 Å². The number of benzene rings is 2. The van der Waals surface area contributed by atoms with E-state index in [-0.39, 0.29) is 23.6 Å². The van der Waals surface area contributed by atoms with Crippen molar-refractivity contribution in [1.29, 1.82) is 0 Å². The molecule has 0 saturated carbocycles. The number of nitrogens with zero attached hydrogens (tertiary/aromatic N) is 3. The van der Waals surface area contributed by atoms with E-state index in [9.17, 15) is 18.8 Å². The van der Waals surface area contributed by atoms with Crippen molar-refractivity contribution in [2.75, 3.05) is 39.8 Å². The molecule has 0 bridgehead atoms. The minimum Gasteiger partial charge on any atom is -0.338 e. The Balaban J connectivity index is 1.53. The standard InChI is InChI=1S/C23H24FN5O3/c1-25-14-21(30)28-8-10-29(11-9-28)23(32)18-12-15(6-7-19(18)24)13-20-16-4-2-3-5-17(16)22(31)27-26-20/h2-7,12,25H,8-11,13-14H2,1H3,(H,27,31). The molecule has 0 radical (unpaired) electrons. The summed E-state index contributed by atoms with van der Waals surface area (Å²) in [5, 5.41) is 10.7. The second-order valence-electron chi connectivity index (χ2n) is 7.74. The molecule has 2 amide bonds. The number of hydrogen-bond acceptors (Lipinski definition) is 5. The molecule has 9 heteroatoms. The van der Waals surface area contributed by atoms with Gasteiger partial charge in [0.25, 0.3) is 11.5 Å². The van der Waals surface area contributed by atoms with E-state index in [0.717, 1.165) is 5.39 Å². The van der Waals surface area contributed by atoms with Gasteiger partial charge in [-0.3, -0.25) is 14.4 Å². The van der Waals surface area contributed by atoms with Crippen LogP contribution in [0.5, 0.6) is 0 Å². The van der Waals surface area contributed by atoms with Gasteiger partial charge in [0.05, 0.1) is 23.2 Å². The summed E-state index contributed by atoms with van der Waals surface area (Å²) in [6.07, 6.45) is 0.337. The monoisotopic (exact) mass is 437 g/mol. The van der Waals surface area contributed by atoms with Gasteiger partial charge in [-0.25, -0.2) is 9.49 Å². The van der Waals surface area contributed by atoms with Gasteiger partial charge in [0, 0.05) is 38.0 Å². The molecule has 8 nitrogen and oxygen atoms in total. The van der Waals surface area contributed by atoms with Gasteiger partial charge in [0.15, 0.2) is 0 Å². The second kappa shape index (κ2) is 9.27. The summed E-state index contributed by atoms with van der Waals surface area (Å²) >= 11 is 0. The number of hydrogen-bond donors (Lipinski definition) is 2. The number of halogens is 1. The van der Waals surface area contributed by atoms with E-state index in [1.54, 1.807) is 35.0 Å². The topological polar surface area (TPSA) is 98.4 Å². The Morgan fingerprint density at radius 3 is 2.47 bits per heavy atom. The highest BCUT2D eigenvalue weighted by atomic mass is 19.1. The Morgan fingerprint density at radius 1 is 1.06 bits per heavy atom. The van der Waals surface area contributed by atoms with Crippen molar-refractivity contribution in [3.8, 4) is 0 Å². The first-order valence-electron chi connectivity index (χ1n) is 10.4. The van der Waals surface area contributed by atoms with Gasteiger partial charge in [-0.05, 0) is 30.8 Å². The second-order valence-corrected chi connectivity index (χ2v) is 7.74. The maximum Gasteiger partial charge on any atom is 0.272 e. The van der Waals surface area contributed by atoms with Crippen molar-refractivity contribution in [3.05, 3.63) is 75.5 Å². The molecular weight excluding hydrogens is 413 g/mol. The van der Waals surface area contributed by atoms with Crippen molar-refractivity contribution in [3.63, 3.8) is 0 Å². The predicted octanol–water partition coefficient (Wildman–Crippen LogP) is 1.16. The molecule has 4 rings (SSSR count). The van der Waals surface area contributed by atoms with Gasteiger partial charge < -0.3 is 15.1 Å². The number of likely N-dealkylation sites (N-methyl/N-ethyl adjacent to an activating group) is 1. The Labute approximate surface area is 184 Å². The average Bonchev–Trinajstić information content (AvgIpc) is 2.82. The van der Waals surface area contributed by atoms with Crippen LogP contribution in [0, 0.1) is 5.82 Å². The van der Waals surface area contributed by atoms with Crippen LogP contribution in [0.2, 0.25) is 0 Å². The Kier molecular flexibility index (Phi) is 6.27. The normalized spacial score (nSPS) is 14.1. The van der Waals surface area contributed by atoms with Crippen molar-refractivity contribution in [2.45, 2.75) is 6.42 Å². The van der Waals surface area contributed by atoms with Crippen LogP contribution in [0.4, 0.5) is 4.39 Å². The van der Waals surface area contributed by atoms with Crippen LogP contribution in [0.15, 0.2) is 47.3 Å². The summed E-state index contributed by atoms with van der Waals surface area (Å²) < 4.78 is 14.5. The molecule has 0 aliphatic carbocycles. The first kappa shape index (κ1) is 21.6. The van der Waals surface area contributed by atoms with Gasteiger partial charge in [-0.15, -0.1) is 0 Å². The van der Waals surface area contributed by atoms with Crippen LogP contribution in [-0.4, -0.2) is 71.6 Å². The van der Waals surface area contributed by atoms with Gasteiger partial charge in [0.1, 0.15) is 5.82 Å². The number of H-pyrrole nitrogens is 1. The molecule has 1 aliphatic rings. The van der Waals surface area contributed by atoms with Crippen LogP contribution >= 0.6 is 0 Å². The number of carbonyl (C=O) groups excluding carboxylic acids is 2. The zero-order valence-corrected chi connectivity index (χ0v) is 17.7. The highest BCUT2D eigenvalue weighted by Gasteiger charge is 2.26. The SMILES string of the molecule is CNCC(=O)N1CCN(C(=O)c2cc(Cc3n[nH]c(=O)c4ccccc34)ccc2F)CC1. The van der Waals surface area contributed by atoms with E-state index in [0.29, 0.717) is 49.2 Å². The molecule has 0 unspecified atom stereocenters. The molecule has 2 heterocycles. The number of amides is 2. The number of aromatic amines is 1. The first-order chi connectivity index (χ1) is 15.5. The van der Waals surface area contributed by atoms with Crippen LogP contribution in [-0.2, 0) is 11.2 Å². The van der Waals surface area contributed by atoms with E-state index < -0.39 is 11.7 Å². The van der Waals surface area contributed by atoms with Crippen LogP contribution in [0.3, 0.4) is 0 Å². The smallest absolute Gasteiger partial charge is 0.272 e. The van der Waals surface area contributed by atoms with E-state index in [2.05, 4.69) is 15.5 Å². The summed E-state index contributed by atoms with van der Waals surface area (Å²) in [6.45, 7) is 1.79. The molecule has 1 aromatic heterocycles. The van der Waals surface area contributed by atoms with Crippen molar-refractivity contribution in [2.24, 2.45) is 0 Å². The van der Waals surface area contributed by atoms with Crippen molar-refractivity contribution >= 4 is 22.6 Å². The van der Waals surface area contributed by atoms with E-state index in [1.807, 2.05) is 12.1 Å². The quantitative estimate of drug-likeness (QED) is 0.624. The fourth-order valence-electron chi connectivity index (χ4n) is 3.94. The lowest BCUT2D eigenvalue weighted by molar-refractivity contribution is -0.131. The maximum absolute atomic E-state index is 14.5. The van der Waals surface area contributed by atoms with Crippen LogP contribution < -0.4 is 10.9 Å². The lowest BCUT2D eigenvalue weighted by Crippen LogP contribution is -2.52. The molecule has 1 fully saturated rings. The average molecular weight is 437 g/mol. The lowest BCUT2D eigenvalue weighted by atomic mass is 10.0. The van der Waals surface area contributed by atoms with Crippen LogP contribution in [0.1, 0.15) is 21.6 Å². The third-order valence-corrected chi connectivity index (χ3v) is 5.66. The summed E-state index contributed by atoms with van der Waals surface area (Å²) in [4.78, 5) is 40.3. The number of nitrogens with one attached hydrogen (secondary N) is 2. The third kappa shape index (κ3) is 4.38. The highest BCUT2D eigenvalue weighted by Crippen LogP contribution is 2.20. The lowest BCUT2D eigenvalue weighted by Gasteiger charge is -2.35. The number of rotatable bonds is 5. The molecule has 3 aromatic rings. The zero-order chi connectivity index (χ0) is 22.7. The predicted molar refractivity (Wildman–Crippen MR) is 118 cm³/mol. The summed E-state index contributed by atoms with van der Waals surface area (Å²) in [6, 6.07) is 11.6. The van der Waals surface area contributed by atoms with E-state index in [1.165, 1.54) is 12.1 Å². The number of aromatic nitrogens is 2. The highest BCUT2D eigenvalue weighted by molar-refractivity contribution is 5.95.